The molecule has 0 aliphatic carbocycles. The van der Waals surface area contributed by atoms with Gasteiger partial charge >= 0.3 is 5.97 Å². The summed E-state index contributed by atoms with van der Waals surface area (Å²) < 4.78 is 30.8. The highest BCUT2D eigenvalue weighted by Crippen LogP contribution is 2.20. The van der Waals surface area contributed by atoms with E-state index in [1.807, 2.05) is 6.92 Å². The number of hydrogen-bond donors (Lipinski definition) is 2. The zero-order chi connectivity index (χ0) is 14.3. The Bertz CT molecular complexity index is 513. The van der Waals surface area contributed by atoms with Crippen molar-refractivity contribution in [2.45, 2.75) is 17.6 Å². The molecule has 0 atom stereocenters. The average molecular weight is 307 g/mol. The van der Waals surface area contributed by atoms with Crippen molar-refractivity contribution in [1.29, 1.82) is 0 Å². The van der Waals surface area contributed by atoms with Crippen LogP contribution in [-0.2, 0) is 14.8 Å². The second kappa shape index (κ2) is 7.53. The van der Waals surface area contributed by atoms with Gasteiger partial charge in [-0.15, -0.1) is 11.3 Å². The van der Waals surface area contributed by atoms with Gasteiger partial charge in [0.1, 0.15) is 0 Å². The van der Waals surface area contributed by atoms with Crippen LogP contribution in [0.4, 0.5) is 0 Å². The molecule has 19 heavy (non-hydrogen) atoms. The van der Waals surface area contributed by atoms with Gasteiger partial charge in [0.05, 0.1) is 12.6 Å². The summed E-state index contributed by atoms with van der Waals surface area (Å²) in [5, 5.41) is 3.09. The van der Waals surface area contributed by atoms with Crippen molar-refractivity contribution in [3.63, 3.8) is 0 Å². The first kappa shape index (κ1) is 16.0. The number of nitrogens with one attached hydrogen (secondary N) is 2. The lowest BCUT2D eigenvalue weighted by Crippen LogP contribution is -2.28. The van der Waals surface area contributed by atoms with Crippen LogP contribution in [0.15, 0.2) is 9.72 Å². The normalized spacial score (nSPS) is 11.5. The van der Waals surface area contributed by atoms with Crippen LogP contribution < -0.4 is 10.0 Å². The van der Waals surface area contributed by atoms with E-state index in [0.29, 0.717) is 13.0 Å². The third-order valence-electron chi connectivity index (χ3n) is 2.23. The Morgan fingerprint density at radius 1 is 1.47 bits per heavy atom. The monoisotopic (exact) mass is 307 g/mol. The fraction of sp³-hybridized carbons (Fsp3) is 0.600. The quantitative estimate of drug-likeness (QED) is 0.526. The molecule has 2 N–H and O–H groups in total. The average Bonchev–Trinajstić information content (AvgIpc) is 2.87. The second-order valence-electron chi connectivity index (χ2n) is 3.58. The van der Waals surface area contributed by atoms with Crippen LogP contribution in [-0.4, -0.2) is 46.1 Å². The highest BCUT2D eigenvalue weighted by Gasteiger charge is 2.25. The Labute approximate surface area is 116 Å². The number of hydrogen-bond acceptors (Lipinski definition) is 7. The first-order chi connectivity index (χ1) is 9.03. The third kappa shape index (κ3) is 4.53. The van der Waals surface area contributed by atoms with Crippen LogP contribution >= 0.6 is 11.3 Å². The predicted molar refractivity (Wildman–Crippen MR) is 71.8 cm³/mol. The van der Waals surface area contributed by atoms with E-state index in [9.17, 15) is 13.2 Å². The van der Waals surface area contributed by atoms with Crippen LogP contribution in [0.3, 0.4) is 0 Å². The number of aromatic nitrogens is 1. The summed E-state index contributed by atoms with van der Waals surface area (Å²) >= 11 is 0.890. The Hall–Kier alpha value is -1.03. The molecule has 0 spiro atoms. The molecule has 9 heteroatoms. The summed E-state index contributed by atoms with van der Waals surface area (Å²) in [6.45, 7) is 3.84. The van der Waals surface area contributed by atoms with E-state index in [1.165, 1.54) is 12.6 Å². The van der Waals surface area contributed by atoms with E-state index in [-0.39, 0.29) is 9.90 Å². The fourth-order valence-electron chi connectivity index (χ4n) is 1.32. The van der Waals surface area contributed by atoms with Gasteiger partial charge in [-0.3, -0.25) is 0 Å². The minimum Gasteiger partial charge on any atom is -0.464 e. The van der Waals surface area contributed by atoms with E-state index in [4.69, 9.17) is 0 Å². The number of sulfonamides is 1. The molecule has 0 aliphatic heterocycles. The Balaban J connectivity index is 2.67. The molecule has 0 saturated carbocycles. The molecule has 0 amide bonds. The molecule has 1 aromatic heterocycles. The topological polar surface area (TPSA) is 97.4 Å². The van der Waals surface area contributed by atoms with Crippen LogP contribution in [0.1, 0.15) is 23.8 Å². The van der Waals surface area contributed by atoms with Crippen molar-refractivity contribution < 1.29 is 17.9 Å². The second-order valence-corrected chi connectivity index (χ2v) is 6.40. The molecular weight excluding hydrogens is 290 g/mol. The van der Waals surface area contributed by atoms with Crippen molar-refractivity contribution >= 4 is 27.3 Å². The van der Waals surface area contributed by atoms with Gasteiger partial charge in [-0.25, -0.2) is 22.9 Å². The molecule has 1 aromatic rings. The molecule has 0 unspecified atom stereocenters. The molecule has 0 bridgehead atoms. The zero-order valence-electron chi connectivity index (χ0n) is 10.8. The molecule has 0 aromatic carbocycles. The summed E-state index contributed by atoms with van der Waals surface area (Å²) in [4.78, 5) is 15.1. The van der Waals surface area contributed by atoms with Crippen molar-refractivity contribution in [2.75, 3.05) is 26.7 Å². The highest BCUT2D eigenvalue weighted by molar-refractivity contribution is 7.91. The highest BCUT2D eigenvalue weighted by atomic mass is 32.2. The Morgan fingerprint density at radius 3 is 2.84 bits per heavy atom. The van der Waals surface area contributed by atoms with Gasteiger partial charge in [-0.05, 0) is 19.5 Å². The summed E-state index contributed by atoms with van der Waals surface area (Å²) in [6, 6.07) is 0. The SMILES string of the molecule is CCNCCCNS(=O)(=O)c1scnc1C(=O)OC. The maximum absolute atomic E-state index is 12.0. The summed E-state index contributed by atoms with van der Waals surface area (Å²) in [6.07, 6.45) is 0.666. The molecule has 0 radical (unpaired) electrons. The molecule has 0 aliphatic rings. The van der Waals surface area contributed by atoms with Crippen LogP contribution in [0, 0.1) is 0 Å². The smallest absolute Gasteiger partial charge is 0.358 e. The number of carbonyl (C=O) groups is 1. The van der Waals surface area contributed by atoms with Crippen molar-refractivity contribution in [2.24, 2.45) is 0 Å². The maximum Gasteiger partial charge on any atom is 0.358 e. The zero-order valence-corrected chi connectivity index (χ0v) is 12.4. The molecular formula is C10H17N3O4S2. The Kier molecular flexibility index (Phi) is 6.35. The number of thiazole rings is 1. The number of methoxy groups -OCH3 is 1. The van der Waals surface area contributed by atoms with Gasteiger partial charge < -0.3 is 10.1 Å². The van der Waals surface area contributed by atoms with Gasteiger partial charge in [-0.2, -0.15) is 0 Å². The van der Waals surface area contributed by atoms with E-state index in [2.05, 4.69) is 19.8 Å². The maximum atomic E-state index is 12.0. The summed E-state index contributed by atoms with van der Waals surface area (Å²) in [5.41, 5.74) is 1.13. The van der Waals surface area contributed by atoms with Gasteiger partial charge in [0.15, 0.2) is 9.90 Å². The Morgan fingerprint density at radius 2 is 2.21 bits per heavy atom. The van der Waals surface area contributed by atoms with Gasteiger partial charge in [0.25, 0.3) is 10.0 Å². The summed E-state index contributed by atoms with van der Waals surface area (Å²) in [5.74, 6) is -0.755. The van der Waals surface area contributed by atoms with Gasteiger partial charge in [-0.1, -0.05) is 6.92 Å². The largest absolute Gasteiger partial charge is 0.464 e. The first-order valence-electron chi connectivity index (χ1n) is 5.75. The number of carbonyl (C=O) groups excluding carboxylic acids is 1. The lowest BCUT2D eigenvalue weighted by molar-refractivity contribution is 0.0590. The first-order valence-corrected chi connectivity index (χ1v) is 8.11. The minimum atomic E-state index is -3.71. The summed E-state index contributed by atoms with van der Waals surface area (Å²) in [7, 11) is -2.53. The molecule has 1 rings (SSSR count). The lowest BCUT2D eigenvalue weighted by atomic mass is 10.4. The van der Waals surface area contributed by atoms with Crippen LogP contribution in [0.25, 0.3) is 0 Å². The van der Waals surface area contributed by atoms with Crippen LogP contribution in [0.5, 0.6) is 0 Å². The lowest BCUT2D eigenvalue weighted by Gasteiger charge is -2.06. The van der Waals surface area contributed by atoms with E-state index < -0.39 is 16.0 Å². The molecule has 0 fully saturated rings. The van der Waals surface area contributed by atoms with Crippen molar-refractivity contribution in [1.82, 2.24) is 15.0 Å². The number of rotatable bonds is 8. The third-order valence-corrected chi connectivity index (χ3v) is 5.06. The number of esters is 1. The van der Waals surface area contributed by atoms with E-state index in [1.54, 1.807) is 0 Å². The van der Waals surface area contributed by atoms with Crippen molar-refractivity contribution in [3.05, 3.63) is 11.2 Å². The van der Waals surface area contributed by atoms with Gasteiger partial charge in [0, 0.05) is 6.54 Å². The minimum absolute atomic E-state index is 0.109. The number of nitrogens with zero attached hydrogens (tertiary/aromatic N) is 1. The molecule has 0 saturated heterocycles. The van der Waals surface area contributed by atoms with E-state index in [0.717, 1.165) is 24.4 Å². The molecule has 108 valence electrons. The predicted octanol–water partition coefficient (Wildman–Crippen LogP) is 0.208. The number of ether oxygens (including phenoxy) is 1. The molecule has 1 heterocycles. The molecule has 7 nitrogen and oxygen atoms in total. The standard InChI is InChI=1S/C10H17N3O4S2/c1-3-11-5-4-6-13-19(15,16)10-8(9(14)17-2)12-7-18-10/h7,11,13H,3-6H2,1-2H3. The van der Waals surface area contributed by atoms with Crippen LogP contribution in [0.2, 0.25) is 0 Å². The van der Waals surface area contributed by atoms with Crippen molar-refractivity contribution in [3.8, 4) is 0 Å². The fourth-order valence-corrected chi connectivity index (χ4v) is 3.57. The van der Waals surface area contributed by atoms with E-state index >= 15 is 0 Å². The van der Waals surface area contributed by atoms with Gasteiger partial charge in [0.2, 0.25) is 0 Å².